The second-order valence-electron chi connectivity index (χ2n) is 3.07. The Morgan fingerprint density at radius 1 is 1.57 bits per heavy atom. The van der Waals surface area contributed by atoms with Crippen LogP contribution in [0.4, 0.5) is 0 Å². The van der Waals surface area contributed by atoms with Gasteiger partial charge in [-0.2, -0.15) is 8.42 Å². The van der Waals surface area contributed by atoms with Gasteiger partial charge in [0.25, 0.3) is 10.1 Å². The highest BCUT2D eigenvalue weighted by Crippen LogP contribution is 2.12. The third kappa shape index (κ3) is 4.64. The van der Waals surface area contributed by atoms with Crippen molar-refractivity contribution in [3.8, 4) is 0 Å². The maximum Gasteiger partial charge on any atom is 0.264 e. The number of thiocarbonyl (C=S) groups is 1. The van der Waals surface area contributed by atoms with E-state index in [1.165, 1.54) is 0 Å². The van der Waals surface area contributed by atoms with Gasteiger partial charge in [-0.3, -0.25) is 4.18 Å². The molecule has 0 radical (unpaired) electrons. The van der Waals surface area contributed by atoms with Crippen molar-refractivity contribution in [3.63, 3.8) is 0 Å². The molecule has 0 aromatic rings. The predicted octanol–water partition coefficient (Wildman–Crippen LogP) is 1.61. The van der Waals surface area contributed by atoms with E-state index < -0.39 is 10.1 Å². The van der Waals surface area contributed by atoms with Gasteiger partial charge in [-0.05, 0) is 18.1 Å². The monoisotopic (exact) mass is 232 g/mol. The maximum atomic E-state index is 10.7. The fourth-order valence-corrected chi connectivity index (χ4v) is 1.74. The lowest BCUT2D eigenvalue weighted by atomic mass is 10.1. The second kappa shape index (κ2) is 4.82. The molecule has 0 aliphatic heterocycles. The van der Waals surface area contributed by atoms with E-state index >= 15 is 0 Å². The van der Waals surface area contributed by atoms with E-state index in [1.54, 1.807) is 0 Å². The van der Waals surface area contributed by atoms with Gasteiger partial charge in [-0.25, -0.2) is 0 Å². The second-order valence-corrected chi connectivity index (χ2v) is 5.24. The van der Waals surface area contributed by atoms with Crippen LogP contribution < -0.4 is 0 Å². The fraction of sp³-hybridized carbons (Fsp3) is 0.444. The first-order chi connectivity index (χ1) is 6.47. The third-order valence-electron chi connectivity index (χ3n) is 1.69. The van der Waals surface area contributed by atoms with Crippen LogP contribution in [-0.2, 0) is 14.3 Å². The summed E-state index contributed by atoms with van der Waals surface area (Å²) in [6, 6.07) is 0. The molecule has 3 nitrogen and oxygen atoms in total. The van der Waals surface area contributed by atoms with Gasteiger partial charge in [0.15, 0.2) is 0 Å². The highest BCUT2D eigenvalue weighted by Gasteiger charge is 2.04. The van der Waals surface area contributed by atoms with Crippen molar-refractivity contribution < 1.29 is 12.6 Å². The first kappa shape index (κ1) is 11.6. The minimum atomic E-state index is -3.32. The molecule has 14 heavy (non-hydrogen) atoms. The Labute approximate surface area is 89.6 Å². The first-order valence-corrected chi connectivity index (χ1v) is 6.44. The summed E-state index contributed by atoms with van der Waals surface area (Å²) in [6.45, 7) is 0.178. The molecule has 0 saturated carbocycles. The Morgan fingerprint density at radius 2 is 2.29 bits per heavy atom. The Bertz CT molecular complexity index is 377. The highest BCUT2D eigenvalue weighted by molar-refractivity contribution is 7.86. The number of hydrogen-bond acceptors (Lipinski definition) is 4. The zero-order valence-electron chi connectivity index (χ0n) is 7.89. The van der Waals surface area contributed by atoms with Crippen molar-refractivity contribution in [2.45, 2.75) is 12.8 Å². The van der Waals surface area contributed by atoms with Crippen LogP contribution in [0.3, 0.4) is 0 Å². The number of rotatable bonds is 4. The van der Waals surface area contributed by atoms with E-state index in [2.05, 4.69) is 4.18 Å². The van der Waals surface area contributed by atoms with Gasteiger partial charge < -0.3 is 0 Å². The van der Waals surface area contributed by atoms with E-state index in [4.69, 9.17) is 12.2 Å². The standard InChI is InChI=1S/C9H12O3S2/c1-14(10,11)12-6-5-8-3-2-4-9(13)7-8/h2-3,7H,4-6H2,1H3. The summed E-state index contributed by atoms with van der Waals surface area (Å²) in [7, 11) is -3.32. The van der Waals surface area contributed by atoms with E-state index in [0.717, 1.165) is 23.1 Å². The van der Waals surface area contributed by atoms with Crippen molar-refractivity contribution in [2.24, 2.45) is 0 Å². The normalized spacial score (nSPS) is 16.9. The third-order valence-corrected chi connectivity index (χ3v) is 2.56. The van der Waals surface area contributed by atoms with Gasteiger partial charge in [-0.1, -0.05) is 24.4 Å². The summed E-state index contributed by atoms with van der Waals surface area (Å²) in [4.78, 5) is 0.877. The molecule has 0 spiro atoms. The van der Waals surface area contributed by atoms with Crippen LogP contribution in [0.25, 0.3) is 0 Å². The number of hydrogen-bond donors (Lipinski definition) is 0. The summed E-state index contributed by atoms with van der Waals surface area (Å²) in [6.07, 6.45) is 8.22. The van der Waals surface area contributed by atoms with Crippen LogP contribution in [0.1, 0.15) is 12.8 Å². The molecule has 1 aliphatic carbocycles. The molecule has 0 saturated heterocycles. The molecule has 0 aromatic carbocycles. The van der Waals surface area contributed by atoms with Gasteiger partial charge in [-0.15, -0.1) is 0 Å². The molecular formula is C9H12O3S2. The largest absolute Gasteiger partial charge is 0.270 e. The van der Waals surface area contributed by atoms with E-state index in [1.807, 2.05) is 18.2 Å². The van der Waals surface area contributed by atoms with Crippen molar-refractivity contribution in [1.29, 1.82) is 0 Å². The zero-order valence-corrected chi connectivity index (χ0v) is 9.53. The summed E-state index contributed by atoms with van der Waals surface area (Å²) < 4.78 is 25.9. The minimum absolute atomic E-state index is 0.178. The summed E-state index contributed by atoms with van der Waals surface area (Å²) in [5, 5.41) is 0. The maximum absolute atomic E-state index is 10.7. The van der Waals surface area contributed by atoms with Crippen LogP contribution in [0, 0.1) is 0 Å². The lowest BCUT2D eigenvalue weighted by Crippen LogP contribution is -2.05. The summed E-state index contributed by atoms with van der Waals surface area (Å²) in [5.41, 5.74) is 1.02. The molecule has 0 atom stereocenters. The van der Waals surface area contributed by atoms with Crippen molar-refractivity contribution in [2.75, 3.05) is 12.9 Å². The van der Waals surface area contributed by atoms with Gasteiger partial charge in [0, 0.05) is 11.3 Å². The Morgan fingerprint density at radius 3 is 2.86 bits per heavy atom. The average Bonchev–Trinajstić information content (AvgIpc) is 2.01. The van der Waals surface area contributed by atoms with Gasteiger partial charge in [0.2, 0.25) is 0 Å². The molecule has 1 aliphatic rings. The van der Waals surface area contributed by atoms with Crippen molar-refractivity contribution in [1.82, 2.24) is 0 Å². The molecule has 5 heteroatoms. The summed E-state index contributed by atoms with van der Waals surface area (Å²) in [5.74, 6) is 0. The Kier molecular flexibility index (Phi) is 3.97. The zero-order chi connectivity index (χ0) is 10.6. The quantitative estimate of drug-likeness (QED) is 0.545. The molecule has 78 valence electrons. The van der Waals surface area contributed by atoms with Gasteiger partial charge >= 0.3 is 0 Å². The van der Waals surface area contributed by atoms with Crippen LogP contribution in [0.2, 0.25) is 0 Å². The molecule has 1 rings (SSSR count). The Balaban J connectivity index is 2.39. The molecular weight excluding hydrogens is 220 g/mol. The van der Waals surface area contributed by atoms with Crippen molar-refractivity contribution >= 4 is 27.2 Å². The highest BCUT2D eigenvalue weighted by atomic mass is 32.2. The van der Waals surface area contributed by atoms with Crippen molar-refractivity contribution in [3.05, 3.63) is 23.8 Å². The molecule has 0 unspecified atom stereocenters. The van der Waals surface area contributed by atoms with E-state index in [-0.39, 0.29) is 6.61 Å². The average molecular weight is 232 g/mol. The van der Waals surface area contributed by atoms with Crippen LogP contribution in [0.15, 0.2) is 23.8 Å². The lowest BCUT2D eigenvalue weighted by Gasteiger charge is -2.07. The molecule has 0 N–H and O–H groups in total. The SMILES string of the molecule is CS(=O)(=O)OCCC1=CC(=S)CC=C1. The predicted molar refractivity (Wildman–Crippen MR) is 59.9 cm³/mol. The smallest absolute Gasteiger partial charge is 0.264 e. The molecule has 0 amide bonds. The van der Waals surface area contributed by atoms with Gasteiger partial charge in [0.05, 0.1) is 12.9 Å². The van der Waals surface area contributed by atoms with Gasteiger partial charge in [0.1, 0.15) is 0 Å². The first-order valence-electron chi connectivity index (χ1n) is 4.22. The van der Waals surface area contributed by atoms with Crippen LogP contribution in [-0.4, -0.2) is 26.1 Å². The van der Waals surface area contributed by atoms with E-state index in [9.17, 15) is 8.42 Å². The Hall–Kier alpha value is -0.520. The topological polar surface area (TPSA) is 43.4 Å². The number of allylic oxidation sites excluding steroid dienone is 3. The molecule has 0 heterocycles. The fourth-order valence-electron chi connectivity index (χ4n) is 1.11. The molecule has 0 bridgehead atoms. The molecule has 0 fully saturated rings. The lowest BCUT2D eigenvalue weighted by molar-refractivity contribution is 0.326. The summed E-state index contributed by atoms with van der Waals surface area (Å²) >= 11 is 5.02. The van der Waals surface area contributed by atoms with Crippen LogP contribution >= 0.6 is 12.2 Å². The minimum Gasteiger partial charge on any atom is -0.270 e. The van der Waals surface area contributed by atoms with Crippen LogP contribution in [0.5, 0.6) is 0 Å². The molecule has 0 aromatic heterocycles. The van der Waals surface area contributed by atoms with E-state index in [0.29, 0.717) is 6.42 Å².